The summed E-state index contributed by atoms with van der Waals surface area (Å²) in [4.78, 5) is 44.1. The van der Waals surface area contributed by atoms with Crippen LogP contribution in [0.1, 0.15) is 45.5 Å². The van der Waals surface area contributed by atoms with Gasteiger partial charge in [-0.15, -0.1) is 0 Å². The quantitative estimate of drug-likeness (QED) is 0.183. The van der Waals surface area contributed by atoms with E-state index in [1.54, 1.807) is 61.6 Å². The first-order valence-electron chi connectivity index (χ1n) is 17.3. The van der Waals surface area contributed by atoms with E-state index in [1.165, 1.54) is 0 Å². The zero-order chi connectivity index (χ0) is 36.7. The lowest BCUT2D eigenvalue weighted by Crippen LogP contribution is -2.56. The summed E-state index contributed by atoms with van der Waals surface area (Å²) in [5, 5.41) is 16.7. The number of hydrogen-bond donors (Lipinski definition) is 4. The maximum absolute atomic E-state index is 14.7. The third-order valence-corrected chi connectivity index (χ3v) is 9.45. The van der Waals surface area contributed by atoms with Gasteiger partial charge in [0.1, 0.15) is 17.8 Å². The zero-order valence-corrected chi connectivity index (χ0v) is 29.3. The Bertz CT molecular complexity index is 1900. The van der Waals surface area contributed by atoms with Gasteiger partial charge in [0.25, 0.3) is 5.91 Å². The van der Waals surface area contributed by atoms with E-state index in [0.29, 0.717) is 28.4 Å². The van der Waals surface area contributed by atoms with Gasteiger partial charge in [-0.3, -0.25) is 20.1 Å². The summed E-state index contributed by atoms with van der Waals surface area (Å²) in [7, 11) is 3.09. The first-order chi connectivity index (χ1) is 25.1. The Hall–Kier alpha value is -5.65. The van der Waals surface area contributed by atoms with Crippen LogP contribution in [-0.4, -0.2) is 72.4 Å². The number of rotatable bonds is 11. The molecular weight excluding hydrogens is 660 g/mol. The molecule has 0 aromatic heterocycles. The molecule has 0 saturated carbocycles. The smallest absolute Gasteiger partial charge is 0.251 e. The van der Waals surface area contributed by atoms with Crippen LogP contribution in [0.2, 0.25) is 0 Å². The van der Waals surface area contributed by atoms with Crippen LogP contribution in [0.25, 0.3) is 6.08 Å². The highest BCUT2D eigenvalue weighted by Gasteiger charge is 2.38. The summed E-state index contributed by atoms with van der Waals surface area (Å²) in [6, 6.07) is 27.1. The van der Waals surface area contributed by atoms with E-state index in [0.717, 1.165) is 16.7 Å². The van der Waals surface area contributed by atoms with E-state index in [2.05, 4.69) is 10.6 Å². The Labute approximate surface area is 303 Å². The van der Waals surface area contributed by atoms with Crippen molar-refractivity contribution in [1.82, 2.24) is 15.5 Å². The lowest BCUT2D eigenvalue weighted by molar-refractivity contribution is -0.138. The van der Waals surface area contributed by atoms with Crippen molar-refractivity contribution in [3.8, 4) is 17.2 Å². The Morgan fingerprint density at radius 1 is 0.885 bits per heavy atom. The average Bonchev–Trinajstić information content (AvgIpc) is 3.16. The second-order valence-electron chi connectivity index (χ2n) is 13.2. The molecular formula is C41H44N4O7. The number of ether oxygens (including phenoxy) is 3. The molecule has 0 aliphatic carbocycles. The number of nitrogens with zero attached hydrogens (tertiary/aromatic N) is 1. The average molecular weight is 705 g/mol. The minimum absolute atomic E-state index is 0.0948. The minimum atomic E-state index is -1.32. The molecule has 270 valence electrons. The maximum atomic E-state index is 14.7. The topological polar surface area (TPSA) is 152 Å². The first-order valence-corrected chi connectivity index (χ1v) is 17.3. The summed E-state index contributed by atoms with van der Waals surface area (Å²) in [5.74, 6) is 0.274. The van der Waals surface area contributed by atoms with Gasteiger partial charge in [-0.05, 0) is 47.0 Å². The van der Waals surface area contributed by atoms with Crippen LogP contribution in [0.5, 0.6) is 17.2 Å². The predicted molar refractivity (Wildman–Crippen MR) is 197 cm³/mol. The van der Waals surface area contributed by atoms with Crippen LogP contribution < -0.4 is 30.6 Å². The molecule has 4 atom stereocenters. The number of carbonyl (C=O) groups excluding carboxylic acids is 3. The normalized spacial score (nSPS) is 19.6. The fourth-order valence-electron chi connectivity index (χ4n) is 6.62. The van der Waals surface area contributed by atoms with Gasteiger partial charge in [-0.1, -0.05) is 78.9 Å². The highest BCUT2D eigenvalue weighted by atomic mass is 16.5. The number of hydrogen-bond acceptors (Lipinski definition) is 8. The molecule has 4 aromatic rings. The van der Waals surface area contributed by atoms with Crippen LogP contribution in [0.3, 0.4) is 0 Å². The van der Waals surface area contributed by atoms with Crippen molar-refractivity contribution in [3.63, 3.8) is 0 Å². The molecule has 2 aliphatic heterocycles. The number of nitrogens with two attached hydrogens (primary N) is 1. The van der Waals surface area contributed by atoms with E-state index in [4.69, 9.17) is 19.9 Å². The molecule has 52 heavy (non-hydrogen) atoms. The lowest BCUT2D eigenvalue weighted by Gasteiger charge is -2.35. The van der Waals surface area contributed by atoms with Crippen LogP contribution in [0, 0.1) is 0 Å². The van der Waals surface area contributed by atoms with Crippen molar-refractivity contribution in [3.05, 3.63) is 131 Å². The Morgan fingerprint density at radius 2 is 1.54 bits per heavy atom. The maximum Gasteiger partial charge on any atom is 0.251 e. The Balaban J connectivity index is 1.32. The van der Waals surface area contributed by atoms with Crippen molar-refractivity contribution >= 4 is 23.8 Å². The molecule has 11 heteroatoms. The van der Waals surface area contributed by atoms with Crippen molar-refractivity contribution in [1.29, 1.82) is 0 Å². The largest absolute Gasteiger partial charge is 0.497 e. The number of carbonyl (C=O) groups is 3. The molecule has 1 unspecified atom stereocenters. The molecule has 2 aliphatic rings. The van der Waals surface area contributed by atoms with E-state index >= 15 is 0 Å². The number of methoxy groups -OCH3 is 2. The molecule has 0 spiro atoms. The van der Waals surface area contributed by atoms with Gasteiger partial charge in [-0.2, -0.15) is 0 Å². The van der Waals surface area contributed by atoms with Crippen molar-refractivity contribution in [2.75, 3.05) is 20.8 Å². The van der Waals surface area contributed by atoms with Gasteiger partial charge in [0.15, 0.2) is 17.2 Å². The summed E-state index contributed by atoms with van der Waals surface area (Å²) < 4.78 is 17.2. The van der Waals surface area contributed by atoms with Gasteiger partial charge >= 0.3 is 0 Å². The third kappa shape index (κ3) is 8.62. The van der Waals surface area contributed by atoms with Gasteiger partial charge in [-0.25, -0.2) is 0 Å². The molecule has 11 nitrogen and oxygen atoms in total. The van der Waals surface area contributed by atoms with Crippen LogP contribution in [0.4, 0.5) is 0 Å². The van der Waals surface area contributed by atoms with Crippen LogP contribution in [0.15, 0.2) is 103 Å². The molecule has 3 amide bonds. The van der Waals surface area contributed by atoms with Crippen molar-refractivity contribution < 1.29 is 33.7 Å². The predicted octanol–water partition coefficient (Wildman–Crippen LogP) is 4.02. The van der Waals surface area contributed by atoms with Crippen LogP contribution >= 0.6 is 0 Å². The SMILES string of the molecule is COc1ccc(C(=O)N[C@@H](Cc2ccccc2)C(=O)N[C@@H](Cc2ccccc2)C(=O)N2CC[C@]3(N)CC(O)/C=C\c4c(ccc(OC)c4O3)C2)cc1. The monoisotopic (exact) mass is 704 g/mol. The highest BCUT2D eigenvalue weighted by Crippen LogP contribution is 2.41. The van der Waals surface area contributed by atoms with Gasteiger partial charge < -0.3 is 34.9 Å². The van der Waals surface area contributed by atoms with E-state index in [9.17, 15) is 19.5 Å². The Kier molecular flexibility index (Phi) is 11.2. The summed E-state index contributed by atoms with van der Waals surface area (Å²) in [6.07, 6.45) is 3.28. The Morgan fingerprint density at radius 3 is 2.17 bits per heavy atom. The van der Waals surface area contributed by atoms with E-state index < -0.39 is 35.7 Å². The number of aliphatic hydroxyl groups is 1. The van der Waals surface area contributed by atoms with Crippen molar-refractivity contribution in [2.24, 2.45) is 5.73 Å². The van der Waals surface area contributed by atoms with Crippen molar-refractivity contribution in [2.45, 2.75) is 56.1 Å². The second kappa shape index (κ2) is 16.1. The molecule has 0 radical (unpaired) electrons. The fourth-order valence-corrected chi connectivity index (χ4v) is 6.62. The van der Waals surface area contributed by atoms with Gasteiger partial charge in [0, 0.05) is 49.9 Å². The molecule has 4 aromatic carbocycles. The molecule has 5 N–H and O–H groups in total. The number of amides is 3. The molecule has 4 bridgehead atoms. The number of fused-ring (bicyclic) bond motifs is 1. The molecule has 0 saturated heterocycles. The van der Waals surface area contributed by atoms with E-state index in [1.807, 2.05) is 66.7 Å². The number of benzene rings is 4. The molecule has 6 rings (SSSR count). The van der Waals surface area contributed by atoms with Gasteiger partial charge in [0.05, 0.1) is 20.3 Å². The minimum Gasteiger partial charge on any atom is -0.497 e. The second-order valence-corrected chi connectivity index (χ2v) is 13.2. The fraction of sp³-hybridized carbons (Fsp3) is 0.293. The molecule has 0 fully saturated rings. The number of aliphatic hydroxyl groups excluding tert-OH is 1. The summed E-state index contributed by atoms with van der Waals surface area (Å²) >= 11 is 0. The number of nitrogens with one attached hydrogen (secondary N) is 2. The van der Waals surface area contributed by atoms with E-state index in [-0.39, 0.29) is 44.7 Å². The molecule has 2 heterocycles. The van der Waals surface area contributed by atoms with Gasteiger partial charge in [0.2, 0.25) is 11.8 Å². The lowest BCUT2D eigenvalue weighted by atomic mass is 9.98. The summed E-state index contributed by atoms with van der Waals surface area (Å²) in [6.45, 7) is 0.374. The zero-order valence-electron chi connectivity index (χ0n) is 29.3. The third-order valence-electron chi connectivity index (χ3n) is 9.45. The standard InChI is InChI=1S/C41H44N4O7/c1-50-32-17-13-29(14-18-32)38(47)43-34(23-27-9-5-3-6-10-27)39(48)44-35(24-28-11-7-4-8-12-28)40(49)45-22-21-41(42)25-31(46)16-19-33-30(26-45)15-20-36(51-2)37(33)52-41/h3-20,31,34-35,46H,21-26,42H2,1-2H3,(H,43,47)(H,44,48)/b19-16-/t31?,34-,35-,41+/m0/s1. The highest BCUT2D eigenvalue weighted by molar-refractivity contribution is 5.98. The first kappa shape index (κ1) is 36.2. The van der Waals surface area contributed by atoms with Crippen LogP contribution in [-0.2, 0) is 29.0 Å². The summed E-state index contributed by atoms with van der Waals surface area (Å²) in [5.41, 5.74) is 8.95.